The molecule has 0 unspecified atom stereocenters. The number of allylic oxidation sites excluding steroid dienone is 1. The quantitative estimate of drug-likeness (QED) is 0.830. The molecule has 1 aromatic rings. The van der Waals surface area contributed by atoms with Gasteiger partial charge in [-0.25, -0.2) is 0 Å². The van der Waals surface area contributed by atoms with E-state index in [0.717, 1.165) is 29.4 Å². The Morgan fingerprint density at radius 1 is 1.20 bits per heavy atom. The third-order valence-electron chi connectivity index (χ3n) is 4.04. The lowest BCUT2D eigenvalue weighted by atomic mass is 9.84. The van der Waals surface area contributed by atoms with Gasteiger partial charge in [0.05, 0.1) is 19.9 Å². The summed E-state index contributed by atoms with van der Waals surface area (Å²) in [6.07, 6.45) is 0. The van der Waals surface area contributed by atoms with Crippen molar-refractivity contribution in [3.05, 3.63) is 30.0 Å². The van der Waals surface area contributed by atoms with Crippen molar-refractivity contribution in [1.82, 2.24) is 0 Å². The van der Waals surface area contributed by atoms with Crippen LogP contribution >= 0.6 is 0 Å². The summed E-state index contributed by atoms with van der Waals surface area (Å²) in [7, 11) is 3.39. The molecule has 0 aliphatic carbocycles. The van der Waals surface area contributed by atoms with E-state index in [4.69, 9.17) is 9.47 Å². The van der Waals surface area contributed by atoms with Crippen LogP contribution in [-0.4, -0.2) is 20.8 Å². The van der Waals surface area contributed by atoms with Crippen LogP contribution in [0.1, 0.15) is 33.3 Å². The third kappa shape index (κ3) is 2.15. The van der Waals surface area contributed by atoms with E-state index >= 15 is 0 Å². The van der Waals surface area contributed by atoms with Crippen LogP contribution in [0.15, 0.2) is 24.4 Å². The minimum Gasteiger partial charge on any atom is -0.497 e. The molecule has 2 rings (SSSR count). The topological polar surface area (TPSA) is 21.7 Å². The molecule has 0 N–H and O–H groups in total. The summed E-state index contributed by atoms with van der Waals surface area (Å²) < 4.78 is 11.0. The second kappa shape index (κ2) is 5.04. The van der Waals surface area contributed by atoms with Gasteiger partial charge in [0.25, 0.3) is 0 Å². The fourth-order valence-corrected chi connectivity index (χ4v) is 2.81. The van der Waals surface area contributed by atoms with Crippen molar-refractivity contribution in [1.29, 1.82) is 0 Å². The zero-order chi connectivity index (χ0) is 15.1. The van der Waals surface area contributed by atoms with E-state index in [9.17, 15) is 0 Å². The summed E-state index contributed by atoms with van der Waals surface area (Å²) >= 11 is 0. The van der Waals surface area contributed by atoms with E-state index in [1.54, 1.807) is 14.2 Å². The first-order valence-electron chi connectivity index (χ1n) is 7.06. The zero-order valence-corrected chi connectivity index (χ0v) is 13.4. The Balaban J connectivity index is 2.64. The summed E-state index contributed by atoms with van der Waals surface area (Å²) in [6, 6.07) is 4.05. The van der Waals surface area contributed by atoms with E-state index in [2.05, 4.69) is 45.2 Å². The first-order valence-corrected chi connectivity index (χ1v) is 7.06. The minimum absolute atomic E-state index is 0.105. The SMILES string of the molecule is C=C1N(CC(C)C)c2c(OC)cc(OC)cc2C1(C)C. The molecule has 0 saturated carbocycles. The summed E-state index contributed by atoms with van der Waals surface area (Å²) in [5, 5.41) is 0. The second-order valence-electron chi connectivity index (χ2n) is 6.30. The monoisotopic (exact) mass is 275 g/mol. The standard InChI is InChI=1S/C17H25NO2/c1-11(2)10-18-12(3)17(4,5)14-8-13(19-6)9-15(20-7)16(14)18/h8-9,11H,3,10H2,1-2,4-7H3. The molecular formula is C17H25NO2. The summed E-state index contributed by atoms with van der Waals surface area (Å²) in [4.78, 5) is 2.29. The molecule has 3 nitrogen and oxygen atoms in total. The van der Waals surface area contributed by atoms with Gasteiger partial charge >= 0.3 is 0 Å². The molecule has 20 heavy (non-hydrogen) atoms. The van der Waals surface area contributed by atoms with Gasteiger partial charge in [-0.3, -0.25) is 0 Å². The number of anilines is 1. The van der Waals surface area contributed by atoms with E-state index in [1.807, 2.05) is 6.07 Å². The molecule has 0 fully saturated rings. The number of nitrogens with zero attached hydrogens (tertiary/aromatic N) is 1. The van der Waals surface area contributed by atoms with Gasteiger partial charge in [0, 0.05) is 23.7 Å². The highest BCUT2D eigenvalue weighted by Gasteiger charge is 2.41. The second-order valence-corrected chi connectivity index (χ2v) is 6.30. The Morgan fingerprint density at radius 2 is 1.85 bits per heavy atom. The Bertz CT molecular complexity index is 532. The van der Waals surface area contributed by atoms with Crippen molar-refractivity contribution < 1.29 is 9.47 Å². The van der Waals surface area contributed by atoms with Gasteiger partial charge in [0.2, 0.25) is 0 Å². The summed E-state index contributed by atoms with van der Waals surface area (Å²) in [5.74, 6) is 2.24. The molecule has 0 saturated heterocycles. The van der Waals surface area contributed by atoms with E-state index in [-0.39, 0.29) is 5.41 Å². The maximum atomic E-state index is 5.59. The first kappa shape index (κ1) is 14.8. The van der Waals surface area contributed by atoms with Crippen molar-refractivity contribution in [2.24, 2.45) is 5.92 Å². The molecule has 1 aromatic carbocycles. The lowest BCUT2D eigenvalue weighted by Crippen LogP contribution is -2.28. The average Bonchev–Trinajstić information content (AvgIpc) is 2.59. The maximum Gasteiger partial charge on any atom is 0.146 e. The smallest absolute Gasteiger partial charge is 0.146 e. The number of benzene rings is 1. The number of hydrogen-bond acceptors (Lipinski definition) is 3. The number of methoxy groups -OCH3 is 2. The number of fused-ring (bicyclic) bond motifs is 1. The molecule has 110 valence electrons. The van der Waals surface area contributed by atoms with Crippen LogP contribution in [0.25, 0.3) is 0 Å². The fourth-order valence-electron chi connectivity index (χ4n) is 2.81. The van der Waals surface area contributed by atoms with Gasteiger partial charge in [0.1, 0.15) is 11.5 Å². The highest BCUT2D eigenvalue weighted by Crippen LogP contribution is 2.52. The predicted octanol–water partition coefficient (Wildman–Crippen LogP) is 3.97. The number of ether oxygens (including phenoxy) is 2. The highest BCUT2D eigenvalue weighted by atomic mass is 16.5. The maximum absolute atomic E-state index is 5.59. The zero-order valence-electron chi connectivity index (χ0n) is 13.4. The largest absolute Gasteiger partial charge is 0.497 e. The van der Waals surface area contributed by atoms with Gasteiger partial charge in [0.15, 0.2) is 0 Å². The fraction of sp³-hybridized carbons (Fsp3) is 0.529. The Labute approximate surface area is 122 Å². The molecular weight excluding hydrogens is 250 g/mol. The van der Waals surface area contributed by atoms with Crippen LogP contribution in [0.3, 0.4) is 0 Å². The van der Waals surface area contributed by atoms with E-state index in [1.165, 1.54) is 5.56 Å². The minimum atomic E-state index is -0.105. The van der Waals surface area contributed by atoms with Gasteiger partial charge < -0.3 is 14.4 Å². The van der Waals surface area contributed by atoms with Crippen LogP contribution in [0.5, 0.6) is 11.5 Å². The van der Waals surface area contributed by atoms with Crippen LogP contribution in [0, 0.1) is 5.92 Å². The Hall–Kier alpha value is -1.64. The van der Waals surface area contributed by atoms with E-state index < -0.39 is 0 Å². The van der Waals surface area contributed by atoms with Gasteiger partial charge in [-0.05, 0) is 17.5 Å². The van der Waals surface area contributed by atoms with Crippen LogP contribution in [0.2, 0.25) is 0 Å². The Morgan fingerprint density at radius 3 is 2.35 bits per heavy atom. The molecule has 1 aliphatic heterocycles. The molecule has 1 heterocycles. The molecule has 0 bridgehead atoms. The van der Waals surface area contributed by atoms with Crippen molar-refractivity contribution in [2.45, 2.75) is 33.1 Å². The molecule has 0 aromatic heterocycles. The lowest BCUT2D eigenvalue weighted by molar-refractivity contribution is 0.393. The van der Waals surface area contributed by atoms with Crippen molar-refractivity contribution in [3.63, 3.8) is 0 Å². The van der Waals surface area contributed by atoms with Crippen molar-refractivity contribution >= 4 is 5.69 Å². The molecule has 0 amide bonds. The average molecular weight is 275 g/mol. The van der Waals surface area contributed by atoms with Crippen LogP contribution in [-0.2, 0) is 5.41 Å². The molecule has 1 aliphatic rings. The number of hydrogen-bond donors (Lipinski definition) is 0. The third-order valence-corrected chi connectivity index (χ3v) is 4.04. The van der Waals surface area contributed by atoms with Crippen molar-refractivity contribution in [3.8, 4) is 11.5 Å². The molecule has 0 atom stereocenters. The van der Waals surface area contributed by atoms with Crippen molar-refractivity contribution in [2.75, 3.05) is 25.7 Å². The van der Waals surface area contributed by atoms with Gasteiger partial charge in [-0.1, -0.05) is 34.3 Å². The lowest BCUT2D eigenvalue weighted by Gasteiger charge is -2.27. The first-order chi connectivity index (χ1) is 9.32. The summed E-state index contributed by atoms with van der Waals surface area (Å²) in [6.45, 7) is 14.1. The normalized spacial score (nSPS) is 16.6. The highest BCUT2D eigenvalue weighted by molar-refractivity contribution is 5.77. The summed E-state index contributed by atoms with van der Waals surface area (Å²) in [5.41, 5.74) is 3.37. The van der Waals surface area contributed by atoms with Crippen LogP contribution < -0.4 is 14.4 Å². The van der Waals surface area contributed by atoms with Gasteiger partial charge in [-0.15, -0.1) is 0 Å². The molecule has 0 radical (unpaired) electrons. The van der Waals surface area contributed by atoms with Crippen LogP contribution in [0.4, 0.5) is 5.69 Å². The molecule has 3 heteroatoms. The number of rotatable bonds is 4. The predicted molar refractivity (Wildman–Crippen MR) is 83.9 cm³/mol. The molecule has 0 spiro atoms. The van der Waals surface area contributed by atoms with Gasteiger partial charge in [-0.2, -0.15) is 0 Å². The van der Waals surface area contributed by atoms with E-state index in [0.29, 0.717) is 5.92 Å². The Kier molecular flexibility index (Phi) is 3.72.